The van der Waals surface area contributed by atoms with Crippen LogP contribution in [0.3, 0.4) is 0 Å². The van der Waals surface area contributed by atoms with E-state index in [0.717, 1.165) is 31.8 Å². The highest BCUT2D eigenvalue weighted by molar-refractivity contribution is 7.23. The third kappa shape index (κ3) is 7.42. The van der Waals surface area contributed by atoms with E-state index in [4.69, 9.17) is 0 Å². The lowest BCUT2D eigenvalue weighted by atomic mass is 9.75. The molecule has 0 saturated carbocycles. The average molecular weight is 369 g/mol. The summed E-state index contributed by atoms with van der Waals surface area (Å²) in [6.45, 7) is 2.26. The third-order valence-corrected chi connectivity index (χ3v) is 6.33. The van der Waals surface area contributed by atoms with Crippen molar-refractivity contribution in [3.8, 4) is 0 Å². The molecule has 0 aromatic heterocycles. The van der Waals surface area contributed by atoms with Gasteiger partial charge in [0, 0.05) is 6.16 Å². The Morgan fingerprint density at radius 1 is 0.731 bits per heavy atom. The van der Waals surface area contributed by atoms with Gasteiger partial charge in [0.05, 0.1) is 0 Å². The van der Waals surface area contributed by atoms with Gasteiger partial charge in [-0.25, -0.2) is 0 Å². The van der Waals surface area contributed by atoms with Gasteiger partial charge >= 0.3 is 0 Å². The molecule has 2 heteroatoms. The van der Waals surface area contributed by atoms with Crippen LogP contribution in [0.1, 0.15) is 63.0 Å². The second-order valence-electron chi connectivity index (χ2n) is 7.57. The molecule has 0 atom stereocenters. The van der Waals surface area contributed by atoms with E-state index in [-0.39, 0.29) is 5.41 Å². The van der Waals surface area contributed by atoms with E-state index < -0.39 is 0 Å². The topological polar surface area (TPSA) is 17.1 Å². The maximum atomic E-state index is 11.6. The van der Waals surface area contributed by atoms with Gasteiger partial charge in [-0.15, -0.1) is 0 Å². The SMILES string of the molecule is CCCCCCC(CCc1ccccc1)(CCc1ccccc1)CP=O. The van der Waals surface area contributed by atoms with E-state index in [1.54, 1.807) is 0 Å². The zero-order valence-corrected chi connectivity index (χ0v) is 17.1. The molecular formula is C24H33OP. The fourth-order valence-corrected chi connectivity index (χ4v) is 4.53. The summed E-state index contributed by atoms with van der Waals surface area (Å²) >= 11 is 0. The molecule has 0 aliphatic carbocycles. The Balaban J connectivity index is 2.05. The van der Waals surface area contributed by atoms with Crippen molar-refractivity contribution >= 4 is 8.46 Å². The van der Waals surface area contributed by atoms with E-state index in [1.807, 2.05) is 0 Å². The van der Waals surface area contributed by atoms with Crippen molar-refractivity contribution in [2.75, 3.05) is 6.16 Å². The van der Waals surface area contributed by atoms with Crippen molar-refractivity contribution in [1.29, 1.82) is 0 Å². The molecule has 0 amide bonds. The lowest BCUT2D eigenvalue weighted by molar-refractivity contribution is 0.245. The smallest absolute Gasteiger partial charge is 0.155 e. The maximum absolute atomic E-state index is 11.6. The fraction of sp³-hybridized carbons (Fsp3) is 0.500. The van der Waals surface area contributed by atoms with Crippen molar-refractivity contribution in [2.24, 2.45) is 5.41 Å². The van der Waals surface area contributed by atoms with Crippen LogP contribution in [0, 0.1) is 5.41 Å². The van der Waals surface area contributed by atoms with Gasteiger partial charge < -0.3 is 0 Å². The second-order valence-corrected chi connectivity index (χ2v) is 8.14. The number of benzene rings is 2. The lowest BCUT2D eigenvalue weighted by Crippen LogP contribution is -2.25. The third-order valence-electron chi connectivity index (χ3n) is 5.53. The molecule has 0 unspecified atom stereocenters. The second kappa shape index (κ2) is 12.0. The summed E-state index contributed by atoms with van der Waals surface area (Å²) in [5.41, 5.74) is 2.98. The molecule has 0 aliphatic heterocycles. The van der Waals surface area contributed by atoms with Crippen molar-refractivity contribution in [3.05, 3.63) is 71.8 Å². The highest BCUT2D eigenvalue weighted by Gasteiger charge is 2.29. The standard InChI is InChI=1S/C24H33OP/c1-2-3-4-11-18-24(21-26-25,19-16-22-12-7-5-8-13-22)20-17-23-14-9-6-10-15-23/h5-10,12-15H,2-4,11,16-21H2,1H3. The van der Waals surface area contributed by atoms with Crippen molar-refractivity contribution in [3.63, 3.8) is 0 Å². The summed E-state index contributed by atoms with van der Waals surface area (Å²) < 4.78 is 11.6. The fourth-order valence-electron chi connectivity index (χ4n) is 3.78. The first kappa shape index (κ1) is 20.8. The van der Waals surface area contributed by atoms with Crippen LogP contribution >= 0.6 is 8.46 Å². The van der Waals surface area contributed by atoms with Gasteiger partial charge in [-0.05, 0) is 48.6 Å². The van der Waals surface area contributed by atoms with Crippen LogP contribution in [0.5, 0.6) is 0 Å². The quantitative estimate of drug-likeness (QED) is 0.264. The number of hydrogen-bond acceptors (Lipinski definition) is 1. The molecule has 1 nitrogen and oxygen atoms in total. The molecule has 0 heterocycles. The van der Waals surface area contributed by atoms with Crippen LogP contribution in [-0.4, -0.2) is 6.16 Å². The zero-order valence-electron chi connectivity index (χ0n) is 16.2. The molecule has 2 aromatic rings. The first-order valence-corrected chi connectivity index (χ1v) is 11.1. The Hall–Kier alpha value is -1.46. The summed E-state index contributed by atoms with van der Waals surface area (Å²) in [7, 11) is 0.300. The molecule has 0 fully saturated rings. The maximum Gasteiger partial charge on any atom is 0.155 e. The molecule has 0 bridgehead atoms. The van der Waals surface area contributed by atoms with E-state index in [1.165, 1.54) is 43.2 Å². The number of aryl methyl sites for hydroxylation is 2. The summed E-state index contributed by atoms with van der Waals surface area (Å²) in [6.07, 6.45) is 11.5. The van der Waals surface area contributed by atoms with E-state index in [0.29, 0.717) is 8.46 Å². The van der Waals surface area contributed by atoms with Crippen molar-refractivity contribution in [2.45, 2.75) is 64.7 Å². The van der Waals surface area contributed by atoms with Gasteiger partial charge in [0.25, 0.3) is 0 Å². The van der Waals surface area contributed by atoms with Crippen LogP contribution in [0.25, 0.3) is 0 Å². The van der Waals surface area contributed by atoms with Gasteiger partial charge in [0.1, 0.15) is 0 Å². The van der Waals surface area contributed by atoms with Gasteiger partial charge in [-0.3, -0.25) is 4.57 Å². The number of hydrogen-bond donors (Lipinski definition) is 0. The van der Waals surface area contributed by atoms with Crippen LogP contribution < -0.4 is 0 Å². The summed E-state index contributed by atoms with van der Waals surface area (Å²) in [5.74, 6) is 0. The van der Waals surface area contributed by atoms with Crippen LogP contribution in [0.4, 0.5) is 0 Å². The zero-order chi connectivity index (χ0) is 18.5. The molecule has 0 aliphatic rings. The number of unbranched alkanes of at least 4 members (excludes halogenated alkanes) is 3. The molecule has 2 aromatic carbocycles. The summed E-state index contributed by atoms with van der Waals surface area (Å²) in [4.78, 5) is 0. The molecule has 0 spiro atoms. The Morgan fingerprint density at radius 3 is 1.73 bits per heavy atom. The highest BCUT2D eigenvalue weighted by atomic mass is 31.1. The monoisotopic (exact) mass is 368 g/mol. The minimum Gasteiger partial charge on any atom is -0.275 e. The largest absolute Gasteiger partial charge is 0.275 e. The highest BCUT2D eigenvalue weighted by Crippen LogP contribution is 2.39. The minimum absolute atomic E-state index is 0.183. The molecule has 0 N–H and O–H groups in total. The van der Waals surface area contributed by atoms with Crippen LogP contribution in [-0.2, 0) is 17.4 Å². The first-order valence-electron chi connectivity index (χ1n) is 10.1. The van der Waals surface area contributed by atoms with Crippen molar-refractivity contribution < 1.29 is 4.57 Å². The Morgan fingerprint density at radius 2 is 1.27 bits per heavy atom. The van der Waals surface area contributed by atoms with E-state index in [2.05, 4.69) is 67.6 Å². The minimum atomic E-state index is 0.183. The van der Waals surface area contributed by atoms with Gasteiger partial charge in [0.15, 0.2) is 8.46 Å². The predicted molar refractivity (Wildman–Crippen MR) is 113 cm³/mol. The molecule has 26 heavy (non-hydrogen) atoms. The Bertz CT molecular complexity index is 565. The predicted octanol–water partition coefficient (Wildman–Crippen LogP) is 7.50. The molecule has 0 radical (unpaired) electrons. The molecule has 0 saturated heterocycles. The van der Waals surface area contributed by atoms with Gasteiger partial charge in [-0.2, -0.15) is 0 Å². The summed E-state index contributed by atoms with van der Waals surface area (Å²) in [5, 5.41) is 0. The van der Waals surface area contributed by atoms with E-state index in [9.17, 15) is 4.57 Å². The Labute approximate surface area is 161 Å². The van der Waals surface area contributed by atoms with E-state index >= 15 is 0 Å². The number of rotatable bonds is 13. The van der Waals surface area contributed by atoms with Crippen LogP contribution in [0.2, 0.25) is 0 Å². The van der Waals surface area contributed by atoms with Gasteiger partial charge in [-0.1, -0.05) is 93.3 Å². The molecule has 2 rings (SSSR count). The van der Waals surface area contributed by atoms with Gasteiger partial charge in [0.2, 0.25) is 0 Å². The van der Waals surface area contributed by atoms with Crippen LogP contribution in [0.15, 0.2) is 60.7 Å². The lowest BCUT2D eigenvalue weighted by Gasteiger charge is -2.32. The first-order chi connectivity index (χ1) is 12.8. The summed E-state index contributed by atoms with van der Waals surface area (Å²) in [6, 6.07) is 21.5. The molecule has 140 valence electrons. The normalized spacial score (nSPS) is 11.7. The molecular weight excluding hydrogens is 335 g/mol. The van der Waals surface area contributed by atoms with Crippen molar-refractivity contribution in [1.82, 2.24) is 0 Å². The Kier molecular flexibility index (Phi) is 9.64. The average Bonchev–Trinajstić information content (AvgIpc) is 2.70.